The van der Waals surface area contributed by atoms with E-state index in [2.05, 4.69) is 0 Å². The van der Waals surface area contributed by atoms with Gasteiger partial charge in [0, 0.05) is 6.26 Å². The van der Waals surface area contributed by atoms with E-state index in [1.165, 1.54) is 12.1 Å². The van der Waals surface area contributed by atoms with Gasteiger partial charge in [-0.15, -0.1) is 0 Å². The lowest BCUT2D eigenvalue weighted by atomic mass is 10.0. The number of hydrogen-bond acceptors (Lipinski definition) is 4. The van der Waals surface area contributed by atoms with Crippen molar-refractivity contribution in [3.63, 3.8) is 0 Å². The van der Waals surface area contributed by atoms with Gasteiger partial charge < -0.3 is 4.74 Å². The van der Waals surface area contributed by atoms with Gasteiger partial charge in [-0.1, -0.05) is 43.3 Å². The van der Waals surface area contributed by atoms with Gasteiger partial charge >= 0.3 is 5.97 Å². The van der Waals surface area contributed by atoms with Crippen LogP contribution in [0.4, 0.5) is 0 Å². The highest BCUT2D eigenvalue weighted by Gasteiger charge is 2.17. The van der Waals surface area contributed by atoms with Crippen molar-refractivity contribution in [2.24, 2.45) is 5.92 Å². The van der Waals surface area contributed by atoms with Crippen molar-refractivity contribution in [1.82, 2.24) is 0 Å². The number of hydrogen-bond donors (Lipinski definition) is 0. The summed E-state index contributed by atoms with van der Waals surface area (Å²) < 4.78 is 28.3. The molecular weight excluding hydrogens is 300 g/mol. The topological polar surface area (TPSA) is 60.4 Å². The van der Waals surface area contributed by atoms with Crippen LogP contribution in [-0.2, 0) is 21.1 Å². The van der Waals surface area contributed by atoms with Crippen LogP contribution in [0.15, 0.2) is 59.5 Å². The maximum Gasteiger partial charge on any atom is 0.314 e. The van der Waals surface area contributed by atoms with E-state index in [0.717, 1.165) is 11.8 Å². The van der Waals surface area contributed by atoms with Crippen LogP contribution in [0.25, 0.3) is 0 Å². The molecule has 1 atom stereocenters. The van der Waals surface area contributed by atoms with Crippen LogP contribution in [0.5, 0.6) is 5.75 Å². The van der Waals surface area contributed by atoms with Crippen molar-refractivity contribution in [3.8, 4) is 5.75 Å². The number of sulfone groups is 1. The van der Waals surface area contributed by atoms with Crippen molar-refractivity contribution < 1.29 is 17.9 Å². The molecule has 0 heterocycles. The second-order valence-corrected chi connectivity index (χ2v) is 7.27. The van der Waals surface area contributed by atoms with Crippen LogP contribution in [0, 0.1) is 5.92 Å². The lowest BCUT2D eigenvalue weighted by molar-refractivity contribution is -0.138. The summed E-state index contributed by atoms with van der Waals surface area (Å²) in [5.41, 5.74) is 1.05. The fraction of sp³-hybridized carbons (Fsp3) is 0.235. The molecule has 2 aromatic carbocycles. The quantitative estimate of drug-likeness (QED) is 0.628. The summed E-state index contributed by atoms with van der Waals surface area (Å²) in [7, 11) is -3.32. The Morgan fingerprint density at radius 2 is 1.77 bits per heavy atom. The fourth-order valence-electron chi connectivity index (χ4n) is 2.04. The number of carbonyl (C=O) groups is 1. The van der Waals surface area contributed by atoms with Crippen molar-refractivity contribution in [2.45, 2.75) is 18.2 Å². The van der Waals surface area contributed by atoms with Crippen LogP contribution < -0.4 is 4.74 Å². The lowest BCUT2D eigenvalue weighted by Gasteiger charge is -2.11. The number of benzene rings is 2. The molecule has 0 bridgehead atoms. The first-order valence-corrected chi connectivity index (χ1v) is 8.81. The first-order valence-electron chi connectivity index (χ1n) is 6.92. The molecule has 0 saturated carbocycles. The van der Waals surface area contributed by atoms with E-state index in [4.69, 9.17) is 4.74 Å². The molecule has 0 fully saturated rings. The summed E-state index contributed by atoms with van der Waals surface area (Å²) in [6.07, 6.45) is 1.69. The standard InChI is InChI=1S/C17H18O4S/c1-13(11-14-7-4-3-5-8-14)17(18)21-15-9-6-10-16(12-15)22(2,19)20/h3-10,12-13H,11H2,1-2H3. The van der Waals surface area contributed by atoms with E-state index >= 15 is 0 Å². The molecule has 0 aliphatic heterocycles. The molecular formula is C17H18O4S. The molecule has 0 aromatic heterocycles. The zero-order valence-electron chi connectivity index (χ0n) is 12.5. The van der Waals surface area contributed by atoms with Gasteiger partial charge in [-0.2, -0.15) is 0 Å². The molecule has 4 nitrogen and oxygen atoms in total. The number of ether oxygens (including phenoxy) is 1. The van der Waals surface area contributed by atoms with E-state index in [9.17, 15) is 13.2 Å². The van der Waals surface area contributed by atoms with Crippen molar-refractivity contribution >= 4 is 15.8 Å². The number of rotatable bonds is 5. The third-order valence-corrected chi connectivity index (χ3v) is 4.35. The molecule has 5 heteroatoms. The first kappa shape index (κ1) is 16.2. The Morgan fingerprint density at radius 1 is 1.09 bits per heavy atom. The highest BCUT2D eigenvalue weighted by Crippen LogP contribution is 2.19. The molecule has 0 radical (unpaired) electrons. The summed E-state index contributed by atoms with van der Waals surface area (Å²) in [4.78, 5) is 12.2. The Kier molecular flexibility index (Phi) is 4.98. The van der Waals surface area contributed by atoms with E-state index in [-0.39, 0.29) is 22.5 Å². The lowest BCUT2D eigenvalue weighted by Crippen LogP contribution is -2.20. The summed E-state index contributed by atoms with van der Waals surface area (Å²) in [6.45, 7) is 1.79. The van der Waals surface area contributed by atoms with Gasteiger partial charge in [0.05, 0.1) is 10.8 Å². The van der Waals surface area contributed by atoms with Crippen LogP contribution in [0.2, 0.25) is 0 Å². The summed E-state index contributed by atoms with van der Waals surface area (Å²) in [5, 5.41) is 0. The van der Waals surface area contributed by atoms with E-state index in [1.54, 1.807) is 19.1 Å². The van der Waals surface area contributed by atoms with E-state index in [1.807, 2.05) is 30.3 Å². The molecule has 0 amide bonds. The normalized spacial score (nSPS) is 12.6. The SMILES string of the molecule is CC(Cc1ccccc1)C(=O)Oc1cccc(S(C)(=O)=O)c1. The largest absolute Gasteiger partial charge is 0.426 e. The Morgan fingerprint density at radius 3 is 2.41 bits per heavy atom. The number of carbonyl (C=O) groups excluding carboxylic acids is 1. The van der Waals surface area contributed by atoms with E-state index < -0.39 is 9.84 Å². The predicted molar refractivity (Wildman–Crippen MR) is 84.5 cm³/mol. The van der Waals surface area contributed by atoms with Crippen LogP contribution in [0.1, 0.15) is 12.5 Å². The Balaban J connectivity index is 2.06. The van der Waals surface area contributed by atoms with Gasteiger partial charge in [0.1, 0.15) is 5.75 Å². The van der Waals surface area contributed by atoms with Crippen molar-refractivity contribution in [2.75, 3.05) is 6.26 Å². The van der Waals surface area contributed by atoms with Gasteiger partial charge in [-0.3, -0.25) is 4.79 Å². The highest BCUT2D eigenvalue weighted by molar-refractivity contribution is 7.90. The summed E-state index contributed by atoms with van der Waals surface area (Å²) in [6, 6.07) is 15.6. The first-order chi connectivity index (χ1) is 10.4. The molecule has 116 valence electrons. The van der Waals surface area contributed by atoms with Crippen LogP contribution >= 0.6 is 0 Å². The monoisotopic (exact) mass is 318 g/mol. The Bertz CT molecular complexity index is 751. The second kappa shape index (κ2) is 6.75. The predicted octanol–water partition coefficient (Wildman–Crippen LogP) is 2.87. The number of esters is 1. The van der Waals surface area contributed by atoms with E-state index in [0.29, 0.717) is 6.42 Å². The third-order valence-electron chi connectivity index (χ3n) is 3.24. The van der Waals surface area contributed by atoms with Gasteiger partial charge in [-0.05, 0) is 30.2 Å². The molecule has 22 heavy (non-hydrogen) atoms. The van der Waals surface area contributed by atoms with Crippen molar-refractivity contribution in [3.05, 3.63) is 60.2 Å². The zero-order chi connectivity index (χ0) is 16.2. The van der Waals surface area contributed by atoms with Crippen molar-refractivity contribution in [1.29, 1.82) is 0 Å². The molecule has 0 N–H and O–H groups in total. The highest BCUT2D eigenvalue weighted by atomic mass is 32.2. The average Bonchev–Trinajstić information content (AvgIpc) is 2.47. The Hall–Kier alpha value is -2.14. The smallest absolute Gasteiger partial charge is 0.314 e. The molecule has 0 aliphatic carbocycles. The molecule has 2 aromatic rings. The van der Waals surface area contributed by atoms with Gasteiger partial charge in [0.25, 0.3) is 0 Å². The minimum absolute atomic E-state index is 0.133. The minimum Gasteiger partial charge on any atom is -0.426 e. The molecule has 0 spiro atoms. The maximum absolute atomic E-state index is 12.1. The van der Waals surface area contributed by atoms with Crippen LogP contribution in [-0.4, -0.2) is 20.6 Å². The molecule has 2 rings (SSSR count). The average molecular weight is 318 g/mol. The molecule has 1 unspecified atom stereocenters. The fourth-order valence-corrected chi connectivity index (χ4v) is 2.69. The third kappa shape index (κ3) is 4.43. The van der Waals surface area contributed by atoms with Gasteiger partial charge in [0.15, 0.2) is 9.84 Å². The maximum atomic E-state index is 12.1. The van der Waals surface area contributed by atoms with Crippen LogP contribution in [0.3, 0.4) is 0 Å². The summed E-state index contributed by atoms with van der Waals surface area (Å²) in [5.74, 6) is -0.452. The molecule has 0 aliphatic rings. The Labute approximate surface area is 130 Å². The second-order valence-electron chi connectivity index (χ2n) is 5.26. The minimum atomic E-state index is -3.32. The molecule has 0 saturated heterocycles. The summed E-state index contributed by atoms with van der Waals surface area (Å²) >= 11 is 0. The van der Waals surface area contributed by atoms with Gasteiger partial charge in [0.2, 0.25) is 0 Å². The zero-order valence-corrected chi connectivity index (χ0v) is 13.3. The van der Waals surface area contributed by atoms with Gasteiger partial charge in [-0.25, -0.2) is 8.42 Å².